The molecule has 0 spiro atoms. The second-order valence-corrected chi connectivity index (χ2v) is 5.22. The lowest BCUT2D eigenvalue weighted by atomic mass is 10.1. The van der Waals surface area contributed by atoms with Gasteiger partial charge in [0.05, 0.1) is 6.21 Å². The van der Waals surface area contributed by atoms with Crippen LogP contribution in [-0.4, -0.2) is 26.2 Å². The van der Waals surface area contributed by atoms with Crippen molar-refractivity contribution >= 4 is 18.4 Å². The summed E-state index contributed by atoms with van der Waals surface area (Å²) in [7, 11) is 0. The number of aromatic amines is 1. The van der Waals surface area contributed by atoms with Crippen LogP contribution >= 0.6 is 12.2 Å². The summed E-state index contributed by atoms with van der Waals surface area (Å²) in [6.07, 6.45) is 1.55. The number of hydrogen-bond acceptors (Lipinski definition) is 4. The minimum Gasteiger partial charge on any atom is -0.507 e. The van der Waals surface area contributed by atoms with Gasteiger partial charge < -0.3 is 5.11 Å². The van der Waals surface area contributed by atoms with Crippen molar-refractivity contribution in [3.8, 4) is 17.1 Å². The Hall–Kier alpha value is -2.73. The predicted molar refractivity (Wildman–Crippen MR) is 88.7 cm³/mol. The van der Waals surface area contributed by atoms with E-state index in [0.29, 0.717) is 16.2 Å². The number of H-pyrrole nitrogens is 1. The van der Waals surface area contributed by atoms with Crippen LogP contribution < -0.4 is 0 Å². The molecule has 0 bridgehead atoms. The number of rotatable bonds is 3. The third kappa shape index (κ3) is 2.82. The van der Waals surface area contributed by atoms with E-state index in [-0.39, 0.29) is 5.75 Å². The average molecular weight is 310 g/mol. The van der Waals surface area contributed by atoms with Crippen molar-refractivity contribution in [2.45, 2.75) is 6.92 Å². The SMILES string of the molecule is Cc1ccc(-c2n[nH]c(=S)n2/N=C\c2ccccc2O)cc1. The topological polar surface area (TPSA) is 66.2 Å². The molecule has 3 rings (SSSR count). The van der Waals surface area contributed by atoms with Crippen LogP contribution in [0.15, 0.2) is 53.6 Å². The van der Waals surface area contributed by atoms with E-state index in [1.54, 1.807) is 24.4 Å². The van der Waals surface area contributed by atoms with E-state index in [1.807, 2.05) is 37.3 Å². The fourth-order valence-electron chi connectivity index (χ4n) is 2.00. The molecule has 22 heavy (non-hydrogen) atoms. The van der Waals surface area contributed by atoms with Gasteiger partial charge in [-0.2, -0.15) is 14.9 Å². The van der Waals surface area contributed by atoms with Crippen molar-refractivity contribution in [2.75, 3.05) is 0 Å². The molecule has 0 atom stereocenters. The number of nitrogens with one attached hydrogen (secondary N) is 1. The van der Waals surface area contributed by atoms with E-state index in [1.165, 1.54) is 10.2 Å². The van der Waals surface area contributed by atoms with Crippen LogP contribution in [0.5, 0.6) is 5.75 Å². The lowest BCUT2D eigenvalue weighted by molar-refractivity contribution is 0.474. The number of phenols is 1. The molecule has 2 aromatic carbocycles. The minimum absolute atomic E-state index is 0.165. The molecule has 0 radical (unpaired) electrons. The number of para-hydroxylation sites is 1. The first-order chi connectivity index (χ1) is 10.6. The number of nitrogens with zero attached hydrogens (tertiary/aromatic N) is 3. The lowest BCUT2D eigenvalue weighted by Gasteiger charge is -2.02. The highest BCUT2D eigenvalue weighted by Gasteiger charge is 2.07. The average Bonchev–Trinajstić information content (AvgIpc) is 2.88. The van der Waals surface area contributed by atoms with Gasteiger partial charge in [0.2, 0.25) is 4.77 Å². The fraction of sp³-hybridized carbons (Fsp3) is 0.0625. The first kappa shape index (κ1) is 14.2. The van der Waals surface area contributed by atoms with Crippen molar-refractivity contribution in [2.24, 2.45) is 5.10 Å². The van der Waals surface area contributed by atoms with E-state index < -0.39 is 0 Å². The molecule has 0 aliphatic heterocycles. The van der Waals surface area contributed by atoms with Crippen molar-refractivity contribution < 1.29 is 5.11 Å². The van der Waals surface area contributed by atoms with Crippen molar-refractivity contribution in [3.63, 3.8) is 0 Å². The molecule has 2 N–H and O–H groups in total. The van der Waals surface area contributed by atoms with Crippen LogP contribution in [0.2, 0.25) is 0 Å². The molecule has 0 amide bonds. The Kier molecular flexibility index (Phi) is 3.84. The second kappa shape index (κ2) is 5.95. The Morgan fingerprint density at radius 1 is 1.18 bits per heavy atom. The summed E-state index contributed by atoms with van der Waals surface area (Å²) in [5, 5.41) is 21.1. The molecule has 1 aromatic heterocycles. The summed E-state index contributed by atoms with van der Waals surface area (Å²) >= 11 is 5.22. The van der Waals surface area contributed by atoms with Crippen LogP contribution in [0.1, 0.15) is 11.1 Å². The standard InChI is InChI=1S/C16H14N4OS/c1-11-6-8-12(9-7-11)15-18-19-16(22)20(15)17-10-13-4-2-3-5-14(13)21/h2-10,21H,1H3,(H,19,22)/b17-10-. The van der Waals surface area contributed by atoms with Gasteiger partial charge in [-0.3, -0.25) is 0 Å². The maximum atomic E-state index is 9.78. The van der Waals surface area contributed by atoms with E-state index in [4.69, 9.17) is 12.2 Å². The third-order valence-corrected chi connectivity index (χ3v) is 3.47. The van der Waals surface area contributed by atoms with Gasteiger partial charge in [0.25, 0.3) is 0 Å². The number of hydrogen-bond donors (Lipinski definition) is 2. The van der Waals surface area contributed by atoms with Gasteiger partial charge in [0, 0.05) is 11.1 Å². The Balaban J connectivity index is 2.01. The maximum Gasteiger partial charge on any atom is 0.216 e. The maximum absolute atomic E-state index is 9.78. The summed E-state index contributed by atoms with van der Waals surface area (Å²) < 4.78 is 1.93. The number of aromatic nitrogens is 3. The number of aryl methyl sites for hydroxylation is 1. The largest absolute Gasteiger partial charge is 0.507 e. The lowest BCUT2D eigenvalue weighted by Crippen LogP contribution is -1.95. The zero-order valence-corrected chi connectivity index (χ0v) is 12.7. The van der Waals surface area contributed by atoms with Gasteiger partial charge in [-0.05, 0) is 31.3 Å². The normalized spacial score (nSPS) is 11.1. The van der Waals surface area contributed by atoms with Gasteiger partial charge in [0.1, 0.15) is 5.75 Å². The summed E-state index contributed by atoms with van der Waals surface area (Å²) in [6.45, 7) is 2.03. The van der Waals surface area contributed by atoms with Crippen LogP contribution in [0.3, 0.4) is 0 Å². The molecule has 6 heteroatoms. The molecule has 0 unspecified atom stereocenters. The minimum atomic E-state index is 0.165. The Bertz CT molecular complexity index is 878. The second-order valence-electron chi connectivity index (χ2n) is 4.83. The highest BCUT2D eigenvalue weighted by Crippen LogP contribution is 2.18. The van der Waals surface area contributed by atoms with E-state index >= 15 is 0 Å². The smallest absolute Gasteiger partial charge is 0.216 e. The van der Waals surface area contributed by atoms with Gasteiger partial charge in [-0.15, -0.1) is 0 Å². The third-order valence-electron chi connectivity index (χ3n) is 3.21. The summed E-state index contributed by atoms with van der Waals surface area (Å²) in [5.74, 6) is 0.787. The highest BCUT2D eigenvalue weighted by molar-refractivity contribution is 7.71. The molecule has 0 aliphatic carbocycles. The van der Waals surface area contributed by atoms with Gasteiger partial charge in [-0.1, -0.05) is 42.0 Å². The molecule has 0 saturated carbocycles. The van der Waals surface area contributed by atoms with Crippen molar-refractivity contribution in [1.29, 1.82) is 0 Å². The zero-order valence-electron chi connectivity index (χ0n) is 11.9. The molecule has 3 aromatic rings. The van der Waals surface area contributed by atoms with Crippen LogP contribution in [-0.2, 0) is 0 Å². The predicted octanol–water partition coefficient (Wildman–Crippen LogP) is 3.50. The molecule has 1 heterocycles. The molecular weight excluding hydrogens is 296 g/mol. The number of phenolic OH excluding ortho intramolecular Hbond substituents is 1. The Labute approximate surface area is 132 Å². The highest BCUT2D eigenvalue weighted by atomic mass is 32.1. The Morgan fingerprint density at radius 2 is 1.91 bits per heavy atom. The van der Waals surface area contributed by atoms with E-state index in [2.05, 4.69) is 15.3 Å². The molecule has 0 aliphatic rings. The summed E-state index contributed by atoms with van der Waals surface area (Å²) in [6, 6.07) is 14.9. The van der Waals surface area contributed by atoms with E-state index in [9.17, 15) is 5.11 Å². The van der Waals surface area contributed by atoms with Gasteiger partial charge >= 0.3 is 0 Å². The monoisotopic (exact) mass is 310 g/mol. The quantitative estimate of drug-likeness (QED) is 0.575. The molecule has 110 valence electrons. The number of benzene rings is 2. The van der Waals surface area contributed by atoms with Crippen LogP contribution in [0, 0.1) is 11.7 Å². The van der Waals surface area contributed by atoms with Crippen molar-refractivity contribution in [3.05, 3.63) is 64.4 Å². The number of aromatic hydroxyl groups is 1. The summed E-state index contributed by atoms with van der Waals surface area (Å²) in [4.78, 5) is 0. The summed E-state index contributed by atoms with van der Waals surface area (Å²) in [5.41, 5.74) is 2.69. The van der Waals surface area contributed by atoms with E-state index in [0.717, 1.165) is 5.56 Å². The zero-order chi connectivity index (χ0) is 15.5. The molecule has 5 nitrogen and oxygen atoms in total. The van der Waals surface area contributed by atoms with Crippen molar-refractivity contribution in [1.82, 2.24) is 14.9 Å². The van der Waals surface area contributed by atoms with Crippen LogP contribution in [0.25, 0.3) is 11.4 Å². The first-order valence-corrected chi connectivity index (χ1v) is 7.13. The molecule has 0 saturated heterocycles. The molecule has 0 fully saturated rings. The fourth-order valence-corrected chi connectivity index (χ4v) is 2.18. The molecular formula is C16H14N4OS. The Morgan fingerprint density at radius 3 is 2.64 bits per heavy atom. The van der Waals surface area contributed by atoms with Gasteiger partial charge in [-0.25, -0.2) is 5.10 Å². The first-order valence-electron chi connectivity index (χ1n) is 6.72. The van der Waals surface area contributed by atoms with Crippen LogP contribution in [0.4, 0.5) is 0 Å². The van der Waals surface area contributed by atoms with Gasteiger partial charge in [0.15, 0.2) is 5.82 Å².